The molecule has 2 aliphatic rings. The van der Waals surface area contributed by atoms with Crippen molar-refractivity contribution in [1.82, 2.24) is 40.3 Å². The molecule has 2 saturated heterocycles. The Hall–Kier alpha value is -3.75. The third-order valence-electron chi connectivity index (χ3n) is 6.99. The average molecular weight is 576 g/mol. The van der Waals surface area contributed by atoms with Crippen LogP contribution in [0.4, 0.5) is 10.5 Å². The zero-order valence-corrected chi connectivity index (χ0v) is 23.7. The molecule has 2 amide bonds. The number of hydrogen-bond acceptors (Lipinski definition) is 10. The minimum atomic E-state index is -0.295. The van der Waals surface area contributed by atoms with Gasteiger partial charge in [0.05, 0.1) is 36.9 Å². The van der Waals surface area contributed by atoms with Gasteiger partial charge in [-0.25, -0.2) is 19.7 Å². The van der Waals surface area contributed by atoms with E-state index in [0.717, 1.165) is 55.5 Å². The summed E-state index contributed by atoms with van der Waals surface area (Å²) in [6, 6.07) is 13.3. The van der Waals surface area contributed by atoms with Gasteiger partial charge in [0.1, 0.15) is 6.10 Å². The van der Waals surface area contributed by atoms with Crippen LogP contribution in [0.1, 0.15) is 22.5 Å². The van der Waals surface area contributed by atoms with Crippen molar-refractivity contribution in [3.63, 3.8) is 0 Å². The lowest BCUT2D eigenvalue weighted by molar-refractivity contribution is 0.0221. The molecule has 4 aromatic rings. The predicted octanol–water partition coefficient (Wildman–Crippen LogP) is 2.82. The first-order valence-electron chi connectivity index (χ1n) is 13.7. The summed E-state index contributed by atoms with van der Waals surface area (Å²) in [6.45, 7) is 6.76. The van der Waals surface area contributed by atoms with Crippen LogP contribution in [0.3, 0.4) is 0 Å². The zero-order chi connectivity index (χ0) is 28.0. The number of nitrogens with zero attached hydrogens (tertiary/aromatic N) is 6. The first-order chi connectivity index (χ1) is 20.1. The average Bonchev–Trinajstić information content (AvgIpc) is 3.66. The number of nitrogens with one attached hydrogen (secondary N) is 3. The van der Waals surface area contributed by atoms with E-state index in [9.17, 15) is 4.79 Å². The van der Waals surface area contributed by atoms with Crippen LogP contribution in [0.5, 0.6) is 0 Å². The second-order valence-corrected chi connectivity index (χ2v) is 11.1. The summed E-state index contributed by atoms with van der Waals surface area (Å²) in [5.74, 6) is 1.81. The second-order valence-electron chi connectivity index (χ2n) is 9.89. The number of anilines is 1. The molecule has 214 valence electrons. The molecule has 1 aromatic carbocycles. The van der Waals surface area contributed by atoms with Crippen molar-refractivity contribution >= 4 is 23.1 Å². The maximum absolute atomic E-state index is 12.4. The third-order valence-corrected chi connectivity index (χ3v) is 8.05. The third kappa shape index (κ3) is 6.94. The Morgan fingerprint density at radius 2 is 1.88 bits per heavy atom. The molecule has 0 aliphatic carbocycles. The van der Waals surface area contributed by atoms with E-state index < -0.39 is 0 Å². The predicted molar refractivity (Wildman–Crippen MR) is 155 cm³/mol. The quantitative estimate of drug-likeness (QED) is 0.290. The molecular formula is C28H33N9O3S. The number of carbonyl (C=O) groups is 1. The molecular weight excluding hydrogens is 542 g/mol. The van der Waals surface area contributed by atoms with Crippen LogP contribution >= 0.6 is 11.3 Å². The smallest absolute Gasteiger partial charge is 0.319 e. The lowest BCUT2D eigenvalue weighted by Crippen LogP contribution is -2.35. The van der Waals surface area contributed by atoms with Gasteiger partial charge in [0.25, 0.3) is 0 Å². The van der Waals surface area contributed by atoms with Crippen molar-refractivity contribution in [3.8, 4) is 22.1 Å². The highest BCUT2D eigenvalue weighted by Crippen LogP contribution is 2.30. The Kier molecular flexibility index (Phi) is 8.58. The molecule has 0 bridgehead atoms. The van der Waals surface area contributed by atoms with Gasteiger partial charge in [-0.15, -0.1) is 11.3 Å². The van der Waals surface area contributed by atoms with Crippen molar-refractivity contribution < 1.29 is 14.3 Å². The molecule has 12 nitrogen and oxygen atoms in total. The number of hydrogen-bond donors (Lipinski definition) is 3. The molecule has 0 saturated carbocycles. The van der Waals surface area contributed by atoms with E-state index in [-0.39, 0.29) is 12.1 Å². The fraction of sp³-hybridized carbons (Fsp3) is 0.393. The van der Waals surface area contributed by atoms with Gasteiger partial charge in [-0.3, -0.25) is 9.58 Å². The van der Waals surface area contributed by atoms with Gasteiger partial charge < -0.3 is 25.4 Å². The number of thiophene rings is 1. The normalized spacial score (nSPS) is 17.8. The highest BCUT2D eigenvalue weighted by Gasteiger charge is 2.22. The van der Waals surface area contributed by atoms with E-state index in [1.165, 1.54) is 4.88 Å². The Bertz CT molecular complexity index is 1460. The molecule has 13 heteroatoms. The standard InChI is InChI=1S/C28H33N9O3S/c1-36-21(8-9-31-36)16-30-28(38)32-20-4-2-19(3-5-20)25-33-26(23-17-29-10-13-40-23)35-27(34-25)24-7-6-22(41-24)18-37-11-14-39-15-12-37/h2-9,23,29H,10-18H2,1H3,(H2,30,32,38). The van der Waals surface area contributed by atoms with Crippen molar-refractivity contribution in [1.29, 1.82) is 0 Å². The van der Waals surface area contributed by atoms with E-state index in [2.05, 4.69) is 38.1 Å². The SMILES string of the molecule is Cn1nccc1CNC(=O)Nc1ccc(-c2nc(-c3ccc(CN4CCOCC4)s3)nc(C3CNCCO3)n2)cc1. The Morgan fingerprint density at radius 1 is 1.05 bits per heavy atom. The van der Waals surface area contributed by atoms with E-state index in [1.54, 1.807) is 22.2 Å². The number of aryl methyl sites for hydroxylation is 1. The number of carbonyl (C=O) groups excluding carboxylic acids is 1. The van der Waals surface area contributed by atoms with Crippen LogP contribution in [-0.4, -0.2) is 81.7 Å². The van der Waals surface area contributed by atoms with Crippen molar-refractivity contribution in [2.75, 3.05) is 51.3 Å². The van der Waals surface area contributed by atoms with Crippen LogP contribution in [0.15, 0.2) is 48.7 Å². The summed E-state index contributed by atoms with van der Waals surface area (Å²) in [6.07, 6.45) is 1.45. The molecule has 41 heavy (non-hydrogen) atoms. The van der Waals surface area contributed by atoms with Crippen LogP contribution in [-0.2, 0) is 29.6 Å². The first kappa shape index (κ1) is 27.4. The number of ether oxygens (including phenoxy) is 2. The monoisotopic (exact) mass is 575 g/mol. The maximum atomic E-state index is 12.4. The first-order valence-corrected chi connectivity index (χ1v) is 14.5. The highest BCUT2D eigenvalue weighted by atomic mass is 32.1. The van der Waals surface area contributed by atoms with Crippen LogP contribution in [0.2, 0.25) is 0 Å². The number of urea groups is 1. The van der Waals surface area contributed by atoms with Gasteiger partial charge in [-0.2, -0.15) is 5.10 Å². The largest absolute Gasteiger partial charge is 0.379 e. The molecule has 6 rings (SSSR count). The van der Waals surface area contributed by atoms with Gasteiger partial charge in [0.15, 0.2) is 17.5 Å². The lowest BCUT2D eigenvalue weighted by Gasteiger charge is -2.25. The molecule has 2 aliphatic heterocycles. The fourth-order valence-electron chi connectivity index (χ4n) is 4.69. The number of aromatic nitrogens is 5. The van der Waals surface area contributed by atoms with Crippen molar-refractivity contribution in [3.05, 3.63) is 65.1 Å². The second kappa shape index (κ2) is 12.8. The minimum absolute atomic E-state index is 0.249. The summed E-state index contributed by atoms with van der Waals surface area (Å²) in [7, 11) is 1.84. The van der Waals surface area contributed by atoms with Crippen LogP contribution in [0, 0.1) is 0 Å². The van der Waals surface area contributed by atoms with Gasteiger partial charge in [-0.1, -0.05) is 0 Å². The number of benzene rings is 1. The van der Waals surface area contributed by atoms with E-state index in [4.69, 9.17) is 24.4 Å². The van der Waals surface area contributed by atoms with Crippen LogP contribution in [0.25, 0.3) is 22.1 Å². The summed E-state index contributed by atoms with van der Waals surface area (Å²) in [4.78, 5) is 31.6. The molecule has 0 spiro atoms. The van der Waals surface area contributed by atoms with E-state index >= 15 is 0 Å². The van der Waals surface area contributed by atoms with Crippen molar-refractivity contribution in [2.45, 2.75) is 19.2 Å². The number of rotatable bonds is 8. The van der Waals surface area contributed by atoms with Gasteiger partial charge >= 0.3 is 6.03 Å². The molecule has 3 N–H and O–H groups in total. The lowest BCUT2D eigenvalue weighted by atomic mass is 10.2. The molecule has 2 fully saturated rings. The number of morpholine rings is 2. The Labute approximate surface area is 242 Å². The zero-order valence-electron chi connectivity index (χ0n) is 22.9. The Morgan fingerprint density at radius 3 is 2.63 bits per heavy atom. The summed E-state index contributed by atoms with van der Waals surface area (Å²) >= 11 is 1.70. The Balaban J connectivity index is 1.19. The number of amides is 2. The summed E-state index contributed by atoms with van der Waals surface area (Å²) in [5, 5.41) is 13.2. The van der Waals surface area contributed by atoms with Gasteiger partial charge in [-0.05, 0) is 42.5 Å². The summed E-state index contributed by atoms with van der Waals surface area (Å²) in [5.41, 5.74) is 2.40. The summed E-state index contributed by atoms with van der Waals surface area (Å²) < 4.78 is 13.2. The van der Waals surface area contributed by atoms with Gasteiger partial charge in [0, 0.05) is 62.1 Å². The molecule has 3 aromatic heterocycles. The minimum Gasteiger partial charge on any atom is -0.379 e. The van der Waals surface area contributed by atoms with Crippen LogP contribution < -0.4 is 16.0 Å². The molecule has 1 unspecified atom stereocenters. The van der Waals surface area contributed by atoms with E-state index in [0.29, 0.717) is 42.9 Å². The van der Waals surface area contributed by atoms with E-state index in [1.807, 2.05) is 37.4 Å². The van der Waals surface area contributed by atoms with Gasteiger partial charge in [0.2, 0.25) is 0 Å². The topological polar surface area (TPSA) is 131 Å². The maximum Gasteiger partial charge on any atom is 0.319 e. The highest BCUT2D eigenvalue weighted by molar-refractivity contribution is 7.15. The molecule has 5 heterocycles. The van der Waals surface area contributed by atoms with Crippen molar-refractivity contribution in [2.24, 2.45) is 7.05 Å². The fourth-order valence-corrected chi connectivity index (χ4v) is 5.68. The molecule has 1 atom stereocenters. The molecule has 0 radical (unpaired) electrons.